The Balaban J connectivity index is 1.79. The van der Waals surface area contributed by atoms with Gasteiger partial charge in [-0.15, -0.1) is 0 Å². The summed E-state index contributed by atoms with van der Waals surface area (Å²) in [6, 6.07) is 8.27. The molecular weight excluding hydrogens is 224 g/mol. The molecule has 0 radical (unpaired) electrons. The van der Waals surface area contributed by atoms with E-state index >= 15 is 0 Å². The van der Waals surface area contributed by atoms with Crippen molar-refractivity contribution in [2.75, 3.05) is 32.8 Å². The Hall–Kier alpha value is -1.06. The summed E-state index contributed by atoms with van der Waals surface area (Å²) < 4.78 is 5.89. The third kappa shape index (κ3) is 4.00. The summed E-state index contributed by atoms with van der Waals surface area (Å²) in [7, 11) is 0. The Labute approximate surface area is 110 Å². The third-order valence-corrected chi connectivity index (χ3v) is 3.52. The number of nitrogens with zero attached hydrogens (tertiary/aromatic N) is 1. The molecule has 1 aliphatic heterocycles. The highest BCUT2D eigenvalue weighted by molar-refractivity contribution is 5.27. The lowest BCUT2D eigenvalue weighted by Crippen LogP contribution is -2.40. The first-order valence-electron chi connectivity index (χ1n) is 6.90. The Morgan fingerprint density at radius 2 is 2.33 bits per heavy atom. The quantitative estimate of drug-likeness (QED) is 0.866. The standard InChI is InChI=1S/C15H24N2O/c1-13-4-2-6-15(10-13)18-12-14-5-3-8-17(11-14)9-7-16/h2,4,6,10,14H,3,5,7-9,11-12,16H2,1H3/t14-/m0/s1. The molecule has 0 saturated carbocycles. The number of nitrogens with two attached hydrogens (primary N) is 1. The molecule has 0 amide bonds. The molecule has 3 nitrogen and oxygen atoms in total. The van der Waals surface area contributed by atoms with E-state index in [4.69, 9.17) is 10.5 Å². The normalized spacial score (nSPS) is 20.9. The molecule has 0 aliphatic carbocycles. The summed E-state index contributed by atoms with van der Waals surface area (Å²) in [6.07, 6.45) is 2.54. The number of benzene rings is 1. The largest absolute Gasteiger partial charge is 0.493 e. The molecule has 1 atom stereocenters. The highest BCUT2D eigenvalue weighted by atomic mass is 16.5. The van der Waals surface area contributed by atoms with Crippen molar-refractivity contribution in [3.63, 3.8) is 0 Å². The molecule has 0 unspecified atom stereocenters. The molecule has 18 heavy (non-hydrogen) atoms. The molecule has 1 aromatic carbocycles. The van der Waals surface area contributed by atoms with Gasteiger partial charge >= 0.3 is 0 Å². The van der Waals surface area contributed by atoms with E-state index in [9.17, 15) is 0 Å². The first-order chi connectivity index (χ1) is 8.78. The van der Waals surface area contributed by atoms with E-state index in [1.165, 1.54) is 24.9 Å². The van der Waals surface area contributed by atoms with E-state index < -0.39 is 0 Å². The monoisotopic (exact) mass is 248 g/mol. The fraction of sp³-hybridized carbons (Fsp3) is 0.600. The van der Waals surface area contributed by atoms with Gasteiger partial charge in [-0.1, -0.05) is 12.1 Å². The Bertz CT molecular complexity index is 365. The molecule has 3 heteroatoms. The second kappa shape index (κ2) is 6.76. The van der Waals surface area contributed by atoms with Gasteiger partial charge in [0.2, 0.25) is 0 Å². The molecule has 1 aromatic rings. The average molecular weight is 248 g/mol. The zero-order valence-corrected chi connectivity index (χ0v) is 11.3. The molecule has 0 bridgehead atoms. The maximum absolute atomic E-state index is 5.89. The van der Waals surface area contributed by atoms with Crippen LogP contribution in [0.5, 0.6) is 5.75 Å². The van der Waals surface area contributed by atoms with Crippen LogP contribution in [0.25, 0.3) is 0 Å². The van der Waals surface area contributed by atoms with Crippen molar-refractivity contribution in [1.29, 1.82) is 0 Å². The number of hydrogen-bond donors (Lipinski definition) is 1. The molecule has 0 aromatic heterocycles. The van der Waals surface area contributed by atoms with Crippen LogP contribution in [0, 0.1) is 12.8 Å². The van der Waals surface area contributed by atoms with E-state index in [2.05, 4.69) is 24.0 Å². The van der Waals surface area contributed by atoms with Crippen molar-refractivity contribution >= 4 is 0 Å². The summed E-state index contributed by atoms with van der Waals surface area (Å²) in [4.78, 5) is 2.45. The van der Waals surface area contributed by atoms with Crippen molar-refractivity contribution in [3.8, 4) is 5.75 Å². The highest BCUT2D eigenvalue weighted by Crippen LogP contribution is 2.19. The van der Waals surface area contributed by atoms with Gasteiger partial charge in [0.25, 0.3) is 0 Å². The number of likely N-dealkylation sites (tertiary alicyclic amines) is 1. The molecule has 1 aliphatic rings. The molecule has 1 saturated heterocycles. The number of aryl methyl sites for hydroxylation is 1. The van der Waals surface area contributed by atoms with Gasteiger partial charge in [-0.05, 0) is 44.0 Å². The second-order valence-corrected chi connectivity index (χ2v) is 5.23. The summed E-state index contributed by atoms with van der Waals surface area (Å²) in [5, 5.41) is 0. The van der Waals surface area contributed by atoms with Gasteiger partial charge in [-0.2, -0.15) is 0 Å². The van der Waals surface area contributed by atoms with E-state index in [1.807, 2.05) is 12.1 Å². The van der Waals surface area contributed by atoms with Gasteiger partial charge < -0.3 is 15.4 Å². The molecule has 0 spiro atoms. The van der Waals surface area contributed by atoms with Gasteiger partial charge in [0, 0.05) is 25.6 Å². The fourth-order valence-corrected chi connectivity index (χ4v) is 2.59. The lowest BCUT2D eigenvalue weighted by atomic mass is 9.99. The van der Waals surface area contributed by atoms with Crippen molar-refractivity contribution < 1.29 is 4.74 Å². The Morgan fingerprint density at radius 1 is 1.44 bits per heavy atom. The fourth-order valence-electron chi connectivity index (χ4n) is 2.59. The third-order valence-electron chi connectivity index (χ3n) is 3.52. The van der Waals surface area contributed by atoms with Gasteiger partial charge in [0.05, 0.1) is 6.61 Å². The van der Waals surface area contributed by atoms with Crippen LogP contribution in [0.15, 0.2) is 24.3 Å². The van der Waals surface area contributed by atoms with Crippen molar-refractivity contribution in [3.05, 3.63) is 29.8 Å². The number of rotatable bonds is 5. The first-order valence-corrected chi connectivity index (χ1v) is 6.90. The predicted molar refractivity (Wildman–Crippen MR) is 74.9 cm³/mol. The van der Waals surface area contributed by atoms with Crippen LogP contribution in [-0.2, 0) is 0 Å². The maximum atomic E-state index is 5.89. The lowest BCUT2D eigenvalue weighted by Gasteiger charge is -2.32. The Kier molecular flexibility index (Phi) is 5.02. The minimum absolute atomic E-state index is 0.644. The summed E-state index contributed by atoms with van der Waals surface area (Å²) in [5.74, 6) is 1.64. The lowest BCUT2D eigenvalue weighted by molar-refractivity contribution is 0.133. The van der Waals surface area contributed by atoms with Crippen LogP contribution in [0.3, 0.4) is 0 Å². The summed E-state index contributed by atoms with van der Waals surface area (Å²) >= 11 is 0. The first kappa shape index (κ1) is 13.4. The molecular formula is C15H24N2O. The van der Waals surface area contributed by atoms with E-state index in [1.54, 1.807) is 0 Å². The van der Waals surface area contributed by atoms with Crippen LogP contribution >= 0.6 is 0 Å². The molecule has 1 heterocycles. The minimum Gasteiger partial charge on any atom is -0.493 e. The van der Waals surface area contributed by atoms with Crippen molar-refractivity contribution in [2.24, 2.45) is 11.7 Å². The topological polar surface area (TPSA) is 38.5 Å². The zero-order chi connectivity index (χ0) is 12.8. The SMILES string of the molecule is Cc1cccc(OC[C@H]2CCCN(CCN)C2)c1. The number of ether oxygens (including phenoxy) is 1. The number of piperidine rings is 1. The number of hydrogen-bond acceptors (Lipinski definition) is 3. The summed E-state index contributed by atoms with van der Waals surface area (Å²) in [6.45, 7) is 7.01. The average Bonchev–Trinajstić information content (AvgIpc) is 2.37. The molecule has 2 rings (SSSR count). The highest BCUT2D eigenvalue weighted by Gasteiger charge is 2.19. The van der Waals surface area contributed by atoms with Crippen LogP contribution < -0.4 is 10.5 Å². The van der Waals surface area contributed by atoms with Gasteiger partial charge in [0.1, 0.15) is 5.75 Å². The molecule has 2 N–H and O–H groups in total. The van der Waals surface area contributed by atoms with E-state index in [-0.39, 0.29) is 0 Å². The van der Waals surface area contributed by atoms with Crippen LogP contribution in [0.2, 0.25) is 0 Å². The van der Waals surface area contributed by atoms with E-state index in [0.717, 1.165) is 32.0 Å². The molecule has 1 fully saturated rings. The van der Waals surface area contributed by atoms with Crippen molar-refractivity contribution in [2.45, 2.75) is 19.8 Å². The van der Waals surface area contributed by atoms with Gasteiger partial charge in [0.15, 0.2) is 0 Å². The van der Waals surface area contributed by atoms with Crippen LogP contribution in [-0.4, -0.2) is 37.7 Å². The second-order valence-electron chi connectivity index (χ2n) is 5.23. The molecule has 100 valence electrons. The van der Waals surface area contributed by atoms with Crippen LogP contribution in [0.4, 0.5) is 0 Å². The van der Waals surface area contributed by atoms with Gasteiger partial charge in [-0.3, -0.25) is 0 Å². The van der Waals surface area contributed by atoms with E-state index in [0.29, 0.717) is 5.92 Å². The van der Waals surface area contributed by atoms with Crippen LogP contribution in [0.1, 0.15) is 18.4 Å². The minimum atomic E-state index is 0.644. The van der Waals surface area contributed by atoms with Gasteiger partial charge in [-0.25, -0.2) is 0 Å². The summed E-state index contributed by atoms with van der Waals surface area (Å²) in [5.41, 5.74) is 6.86. The predicted octanol–water partition coefficient (Wildman–Crippen LogP) is 2.04. The van der Waals surface area contributed by atoms with Crippen molar-refractivity contribution in [1.82, 2.24) is 4.90 Å². The zero-order valence-electron chi connectivity index (χ0n) is 11.3. The Morgan fingerprint density at radius 3 is 3.11 bits per heavy atom. The smallest absolute Gasteiger partial charge is 0.119 e. The maximum Gasteiger partial charge on any atom is 0.119 e.